The van der Waals surface area contributed by atoms with Gasteiger partial charge in [-0.3, -0.25) is 4.90 Å². The number of unbranched alkanes of at least 4 members (excludes halogenated alkanes) is 3. The molecule has 1 aromatic rings. The van der Waals surface area contributed by atoms with Gasteiger partial charge in [-0.2, -0.15) is 0 Å². The predicted octanol–water partition coefficient (Wildman–Crippen LogP) is 3.89. The summed E-state index contributed by atoms with van der Waals surface area (Å²) in [5, 5.41) is 11.0. The molecule has 1 N–H and O–H groups in total. The van der Waals surface area contributed by atoms with Crippen molar-refractivity contribution in [3.05, 3.63) is 35.9 Å². The zero-order valence-corrected chi connectivity index (χ0v) is 15.7. The second-order valence-corrected chi connectivity index (χ2v) is 7.74. The molecule has 0 aromatic heterocycles. The molecule has 2 heterocycles. The lowest BCUT2D eigenvalue weighted by Gasteiger charge is -2.51. The molecule has 3 rings (SSSR count). The normalized spacial score (nSPS) is 28.0. The maximum absolute atomic E-state index is 12.7. The molecular formula is C21H31NO4. The largest absolute Gasteiger partial charge is 0.445 e. The Bertz CT molecular complexity index is 563. The first-order valence-corrected chi connectivity index (χ1v) is 9.90. The van der Waals surface area contributed by atoms with E-state index in [1.807, 2.05) is 35.2 Å². The van der Waals surface area contributed by atoms with E-state index in [4.69, 9.17) is 9.47 Å². The van der Waals surface area contributed by atoms with Crippen LogP contribution < -0.4 is 0 Å². The number of carbonyl (C=O) groups excluding carboxylic acids is 1. The van der Waals surface area contributed by atoms with E-state index < -0.39 is 5.60 Å². The number of morpholine rings is 1. The third kappa shape index (κ3) is 4.77. The monoisotopic (exact) mass is 361 g/mol. The number of hydrogen-bond acceptors (Lipinski definition) is 4. The van der Waals surface area contributed by atoms with Crippen LogP contribution >= 0.6 is 0 Å². The van der Waals surface area contributed by atoms with E-state index in [0.29, 0.717) is 26.1 Å². The Morgan fingerprint density at radius 3 is 2.54 bits per heavy atom. The third-order valence-corrected chi connectivity index (χ3v) is 5.55. The van der Waals surface area contributed by atoms with E-state index in [0.717, 1.165) is 24.8 Å². The highest BCUT2D eigenvalue weighted by atomic mass is 16.6. The van der Waals surface area contributed by atoms with Crippen LogP contribution in [0.1, 0.15) is 57.4 Å². The molecule has 5 heteroatoms. The Morgan fingerprint density at radius 1 is 1.19 bits per heavy atom. The lowest BCUT2D eigenvalue weighted by Crippen LogP contribution is -2.63. The summed E-state index contributed by atoms with van der Waals surface area (Å²) in [6.45, 7) is 3.43. The van der Waals surface area contributed by atoms with Crippen molar-refractivity contribution >= 4 is 6.09 Å². The van der Waals surface area contributed by atoms with Crippen molar-refractivity contribution in [1.29, 1.82) is 0 Å². The van der Waals surface area contributed by atoms with Crippen LogP contribution in [0, 0.1) is 0 Å². The summed E-state index contributed by atoms with van der Waals surface area (Å²) in [5.74, 6) is 0. The molecule has 2 bridgehead atoms. The Kier molecular flexibility index (Phi) is 6.54. The van der Waals surface area contributed by atoms with Gasteiger partial charge in [-0.15, -0.1) is 0 Å². The van der Waals surface area contributed by atoms with Gasteiger partial charge < -0.3 is 14.6 Å². The minimum atomic E-state index is -0.678. The summed E-state index contributed by atoms with van der Waals surface area (Å²) in [5.41, 5.74) is 0.301. The molecule has 0 spiro atoms. The lowest BCUT2D eigenvalue weighted by molar-refractivity contribution is -0.136. The molecule has 5 nitrogen and oxygen atoms in total. The van der Waals surface area contributed by atoms with Gasteiger partial charge in [-0.1, -0.05) is 62.9 Å². The van der Waals surface area contributed by atoms with Gasteiger partial charge in [0.15, 0.2) is 0 Å². The van der Waals surface area contributed by atoms with Crippen molar-refractivity contribution in [1.82, 2.24) is 4.90 Å². The topological polar surface area (TPSA) is 59.0 Å². The standard InChI is InChI=1S/C21H31NO4/c1-2-3-4-8-11-21(24)12-18-15-25-16-19(13-21)22(18)20(23)26-14-17-9-6-5-7-10-17/h5-7,9-10,18-19,24H,2-4,8,11-16H2,1H3. The number of carbonyl (C=O) groups is 1. The number of aliphatic hydroxyl groups is 1. The molecule has 26 heavy (non-hydrogen) atoms. The van der Waals surface area contributed by atoms with E-state index in [-0.39, 0.29) is 24.8 Å². The van der Waals surface area contributed by atoms with Gasteiger partial charge in [0.2, 0.25) is 0 Å². The highest BCUT2D eigenvalue weighted by Gasteiger charge is 2.48. The first kappa shape index (κ1) is 19.2. The summed E-state index contributed by atoms with van der Waals surface area (Å²) in [6.07, 6.45) is 6.29. The van der Waals surface area contributed by atoms with E-state index in [2.05, 4.69) is 6.92 Å². The number of benzene rings is 1. The van der Waals surface area contributed by atoms with Crippen LogP contribution in [0.25, 0.3) is 0 Å². The number of ether oxygens (including phenoxy) is 2. The van der Waals surface area contributed by atoms with E-state index in [1.54, 1.807) is 0 Å². The number of piperidine rings is 1. The quantitative estimate of drug-likeness (QED) is 0.749. The molecular weight excluding hydrogens is 330 g/mol. The number of nitrogens with zero attached hydrogens (tertiary/aromatic N) is 1. The number of amides is 1. The molecule has 0 radical (unpaired) electrons. The second-order valence-electron chi connectivity index (χ2n) is 7.74. The fourth-order valence-electron chi connectivity index (χ4n) is 4.25. The van der Waals surface area contributed by atoms with Crippen molar-refractivity contribution in [2.24, 2.45) is 0 Å². The van der Waals surface area contributed by atoms with Crippen LogP contribution in [0.3, 0.4) is 0 Å². The van der Waals surface area contributed by atoms with Crippen molar-refractivity contribution in [2.75, 3.05) is 13.2 Å². The second kappa shape index (κ2) is 8.87. The summed E-state index contributed by atoms with van der Waals surface area (Å²) >= 11 is 0. The van der Waals surface area contributed by atoms with Gasteiger partial charge in [0.05, 0.1) is 30.9 Å². The minimum Gasteiger partial charge on any atom is -0.445 e. The predicted molar refractivity (Wildman–Crippen MR) is 99.8 cm³/mol. The van der Waals surface area contributed by atoms with Crippen molar-refractivity contribution < 1.29 is 19.4 Å². The summed E-state index contributed by atoms with van der Waals surface area (Å²) < 4.78 is 11.2. The van der Waals surface area contributed by atoms with Crippen molar-refractivity contribution in [3.63, 3.8) is 0 Å². The van der Waals surface area contributed by atoms with Crippen LogP contribution in [0.2, 0.25) is 0 Å². The summed E-state index contributed by atoms with van der Waals surface area (Å²) in [7, 11) is 0. The molecule has 2 unspecified atom stereocenters. The maximum atomic E-state index is 12.7. The summed E-state index contributed by atoms with van der Waals surface area (Å²) in [6, 6.07) is 9.52. The molecule has 2 aliphatic rings. The Balaban J connectivity index is 1.57. The zero-order valence-electron chi connectivity index (χ0n) is 15.7. The number of rotatable bonds is 7. The molecule has 2 atom stereocenters. The average Bonchev–Trinajstić information content (AvgIpc) is 2.63. The molecule has 2 saturated heterocycles. The van der Waals surface area contributed by atoms with E-state index >= 15 is 0 Å². The Morgan fingerprint density at radius 2 is 1.88 bits per heavy atom. The zero-order chi connectivity index (χ0) is 18.4. The fraction of sp³-hybridized carbons (Fsp3) is 0.667. The minimum absolute atomic E-state index is 0.0954. The molecule has 2 aliphatic heterocycles. The van der Waals surface area contributed by atoms with Crippen LogP contribution in [-0.2, 0) is 16.1 Å². The Hall–Kier alpha value is -1.59. The smallest absolute Gasteiger partial charge is 0.410 e. The molecule has 144 valence electrons. The summed E-state index contributed by atoms with van der Waals surface area (Å²) in [4.78, 5) is 14.5. The number of fused-ring (bicyclic) bond motifs is 2. The molecule has 1 amide bonds. The highest BCUT2D eigenvalue weighted by Crippen LogP contribution is 2.38. The van der Waals surface area contributed by atoms with E-state index in [9.17, 15) is 9.90 Å². The van der Waals surface area contributed by atoms with Gasteiger partial charge in [-0.05, 0) is 24.8 Å². The van der Waals surface area contributed by atoms with Crippen molar-refractivity contribution in [2.45, 2.75) is 76.2 Å². The van der Waals surface area contributed by atoms with Crippen LogP contribution in [0.5, 0.6) is 0 Å². The van der Waals surface area contributed by atoms with Crippen LogP contribution in [-0.4, -0.2) is 47.0 Å². The lowest BCUT2D eigenvalue weighted by atomic mass is 9.78. The van der Waals surface area contributed by atoms with Crippen molar-refractivity contribution in [3.8, 4) is 0 Å². The average molecular weight is 361 g/mol. The Labute approximate surface area is 156 Å². The van der Waals surface area contributed by atoms with Gasteiger partial charge >= 0.3 is 6.09 Å². The maximum Gasteiger partial charge on any atom is 0.410 e. The van der Waals surface area contributed by atoms with Crippen LogP contribution in [0.4, 0.5) is 4.79 Å². The number of hydrogen-bond donors (Lipinski definition) is 1. The first-order valence-electron chi connectivity index (χ1n) is 9.90. The molecule has 0 saturated carbocycles. The van der Waals surface area contributed by atoms with Gasteiger partial charge in [0.25, 0.3) is 0 Å². The van der Waals surface area contributed by atoms with Gasteiger partial charge in [0.1, 0.15) is 6.61 Å². The SMILES string of the molecule is CCCCCCC1(O)CC2COCC(C1)N2C(=O)OCc1ccccc1. The molecule has 1 aromatic carbocycles. The van der Waals surface area contributed by atoms with E-state index in [1.165, 1.54) is 12.8 Å². The first-order chi connectivity index (χ1) is 12.6. The van der Waals surface area contributed by atoms with Gasteiger partial charge in [0, 0.05) is 0 Å². The molecule has 0 aliphatic carbocycles. The van der Waals surface area contributed by atoms with Gasteiger partial charge in [-0.25, -0.2) is 4.79 Å². The third-order valence-electron chi connectivity index (χ3n) is 5.55. The molecule has 2 fully saturated rings. The van der Waals surface area contributed by atoms with Crippen LogP contribution in [0.15, 0.2) is 30.3 Å². The fourth-order valence-corrected chi connectivity index (χ4v) is 4.25. The highest BCUT2D eigenvalue weighted by molar-refractivity contribution is 5.69.